The zero-order valence-electron chi connectivity index (χ0n) is 20.1. The Morgan fingerprint density at radius 1 is 1.09 bits per heavy atom. The van der Waals surface area contributed by atoms with Crippen molar-refractivity contribution in [3.63, 3.8) is 0 Å². The second kappa shape index (κ2) is 8.43. The molecule has 0 radical (unpaired) electrons. The van der Waals surface area contributed by atoms with Crippen molar-refractivity contribution in [2.75, 3.05) is 7.11 Å². The number of nitrogens with one attached hydrogen (secondary N) is 1. The molecule has 0 aliphatic carbocycles. The quantitative estimate of drug-likeness (QED) is 0.639. The van der Waals surface area contributed by atoms with Crippen molar-refractivity contribution in [1.82, 2.24) is 14.8 Å². The lowest BCUT2D eigenvalue weighted by molar-refractivity contribution is -0.139. The summed E-state index contributed by atoms with van der Waals surface area (Å²) >= 11 is 0. The average Bonchev–Trinajstić information content (AvgIpc) is 2.99. The molecule has 0 bridgehead atoms. The van der Waals surface area contributed by atoms with Gasteiger partial charge in [-0.1, -0.05) is 30.3 Å². The smallest absolute Gasteiger partial charge is 0.249 e. The highest BCUT2D eigenvalue weighted by molar-refractivity contribution is 6.06. The normalized spacial score (nSPS) is 16.3. The van der Waals surface area contributed by atoms with E-state index < -0.39 is 11.6 Å². The molecule has 172 valence electrons. The molecule has 1 atom stereocenters. The van der Waals surface area contributed by atoms with Gasteiger partial charge in [0.1, 0.15) is 5.75 Å². The summed E-state index contributed by atoms with van der Waals surface area (Å²) in [6.45, 7) is 8.09. The summed E-state index contributed by atoms with van der Waals surface area (Å²) in [6, 6.07) is 14.9. The number of para-hydroxylation sites is 1. The monoisotopic (exact) mass is 445 g/mol. The first-order valence-electron chi connectivity index (χ1n) is 11.1. The number of carbonyl (C=O) groups excluding carboxylic acids is 2. The Bertz CT molecular complexity index is 1250. The zero-order valence-corrected chi connectivity index (χ0v) is 20.1. The molecule has 0 spiro atoms. The molecule has 1 aliphatic rings. The third kappa shape index (κ3) is 4.25. The minimum absolute atomic E-state index is 0.183. The van der Waals surface area contributed by atoms with Crippen molar-refractivity contribution >= 4 is 28.3 Å². The Labute approximate surface area is 194 Å². The van der Waals surface area contributed by atoms with Gasteiger partial charge in [0.2, 0.25) is 11.8 Å². The van der Waals surface area contributed by atoms with Gasteiger partial charge in [-0.3, -0.25) is 9.59 Å². The molecule has 1 aromatic heterocycles. The van der Waals surface area contributed by atoms with Crippen LogP contribution in [-0.4, -0.2) is 33.9 Å². The van der Waals surface area contributed by atoms with Crippen LogP contribution < -0.4 is 10.1 Å². The fraction of sp³-hybridized carbons (Fsp3) is 0.333. The zero-order chi connectivity index (χ0) is 23.9. The van der Waals surface area contributed by atoms with Gasteiger partial charge < -0.3 is 19.5 Å². The Morgan fingerprint density at radius 2 is 1.76 bits per heavy atom. The fourth-order valence-corrected chi connectivity index (χ4v) is 4.56. The van der Waals surface area contributed by atoms with Crippen molar-refractivity contribution < 1.29 is 14.3 Å². The summed E-state index contributed by atoms with van der Waals surface area (Å²) in [6.07, 6.45) is 1.65. The van der Waals surface area contributed by atoms with Crippen LogP contribution in [0.25, 0.3) is 16.5 Å². The molecule has 6 nitrogen and oxygen atoms in total. The maximum atomic E-state index is 13.8. The summed E-state index contributed by atoms with van der Waals surface area (Å²) in [7, 11) is 3.59. The van der Waals surface area contributed by atoms with Gasteiger partial charge in [0.25, 0.3) is 0 Å². The number of hydrogen-bond acceptors (Lipinski definition) is 3. The van der Waals surface area contributed by atoms with Crippen LogP contribution >= 0.6 is 0 Å². The highest BCUT2D eigenvalue weighted by atomic mass is 16.5. The number of amides is 2. The first-order valence-corrected chi connectivity index (χ1v) is 11.1. The molecular formula is C27H31N3O3. The lowest BCUT2D eigenvalue weighted by Crippen LogP contribution is -2.49. The predicted octanol–water partition coefficient (Wildman–Crippen LogP) is 4.59. The molecule has 0 saturated carbocycles. The number of fused-ring (bicyclic) bond motifs is 3. The highest BCUT2D eigenvalue weighted by Gasteiger charge is 2.39. The molecular weight excluding hydrogens is 414 g/mol. The Kier molecular flexibility index (Phi) is 5.78. The number of ether oxygens (including phenoxy) is 1. The van der Waals surface area contributed by atoms with Crippen LogP contribution in [-0.2, 0) is 23.2 Å². The molecule has 6 heteroatoms. The molecule has 1 N–H and O–H groups in total. The SMILES string of the molecule is COc1ccc(CN2C(=O)C=C(C)c3c(n(C)c4ccccc34)C2C(=O)NC(C)(C)C)cc1. The highest BCUT2D eigenvalue weighted by Crippen LogP contribution is 2.40. The van der Waals surface area contributed by atoms with E-state index in [0.29, 0.717) is 6.54 Å². The number of aryl methyl sites for hydroxylation is 1. The van der Waals surface area contributed by atoms with E-state index in [4.69, 9.17) is 4.74 Å². The van der Waals surface area contributed by atoms with Gasteiger partial charge in [-0.25, -0.2) is 0 Å². The van der Waals surface area contributed by atoms with Gasteiger partial charge >= 0.3 is 0 Å². The number of benzene rings is 2. The second-order valence-electron chi connectivity index (χ2n) is 9.62. The topological polar surface area (TPSA) is 63.6 Å². The lowest BCUT2D eigenvalue weighted by atomic mass is 9.99. The van der Waals surface area contributed by atoms with Crippen molar-refractivity contribution in [2.24, 2.45) is 7.05 Å². The van der Waals surface area contributed by atoms with Crippen molar-refractivity contribution in [1.29, 1.82) is 0 Å². The summed E-state index contributed by atoms with van der Waals surface area (Å²) in [5.74, 6) is 0.368. The van der Waals surface area contributed by atoms with E-state index >= 15 is 0 Å². The van der Waals surface area contributed by atoms with E-state index in [2.05, 4.69) is 9.88 Å². The van der Waals surface area contributed by atoms with Gasteiger partial charge in [0.15, 0.2) is 6.04 Å². The Morgan fingerprint density at radius 3 is 2.39 bits per heavy atom. The standard InChI is InChI=1S/C27H31N3O3/c1-17-15-22(31)30(16-18-11-13-19(33-6)14-12-18)25(26(32)28-27(2,3)4)24-23(17)20-9-7-8-10-21(20)29(24)5/h7-15,25H,16H2,1-6H3,(H,28,32). The number of hydrogen-bond donors (Lipinski definition) is 1. The van der Waals surface area contributed by atoms with Crippen molar-refractivity contribution in [2.45, 2.75) is 45.8 Å². The van der Waals surface area contributed by atoms with Gasteiger partial charge in [0.05, 0.1) is 12.8 Å². The number of methoxy groups -OCH3 is 1. The molecule has 0 saturated heterocycles. The Balaban J connectivity index is 1.91. The first-order chi connectivity index (χ1) is 15.6. The predicted molar refractivity (Wildman–Crippen MR) is 131 cm³/mol. The largest absolute Gasteiger partial charge is 0.497 e. The van der Waals surface area contributed by atoms with E-state index in [0.717, 1.165) is 39.0 Å². The molecule has 1 unspecified atom stereocenters. The van der Waals surface area contributed by atoms with Crippen LogP contribution in [0.1, 0.15) is 50.6 Å². The van der Waals surface area contributed by atoms with Crippen LogP contribution in [0.4, 0.5) is 0 Å². The number of carbonyl (C=O) groups is 2. The summed E-state index contributed by atoms with van der Waals surface area (Å²) in [5, 5.41) is 4.15. The Hall–Kier alpha value is -3.54. The van der Waals surface area contributed by atoms with E-state index in [1.54, 1.807) is 18.1 Å². The van der Waals surface area contributed by atoms with Crippen LogP contribution in [0.15, 0.2) is 54.6 Å². The summed E-state index contributed by atoms with van der Waals surface area (Å²) < 4.78 is 7.32. The van der Waals surface area contributed by atoms with E-state index in [9.17, 15) is 9.59 Å². The number of rotatable bonds is 4. The van der Waals surface area contributed by atoms with Crippen LogP contribution in [0, 0.1) is 0 Å². The molecule has 3 aromatic rings. The maximum Gasteiger partial charge on any atom is 0.249 e. The van der Waals surface area contributed by atoms with E-state index in [1.807, 2.05) is 83.3 Å². The number of nitrogens with zero attached hydrogens (tertiary/aromatic N) is 2. The molecule has 0 fully saturated rings. The molecule has 4 rings (SSSR count). The van der Waals surface area contributed by atoms with Gasteiger partial charge in [-0.2, -0.15) is 0 Å². The average molecular weight is 446 g/mol. The van der Waals surface area contributed by atoms with Crippen LogP contribution in [0.3, 0.4) is 0 Å². The molecule has 1 aliphatic heterocycles. The fourth-order valence-electron chi connectivity index (χ4n) is 4.56. The molecule has 33 heavy (non-hydrogen) atoms. The molecule has 2 heterocycles. The third-order valence-corrected chi connectivity index (χ3v) is 6.00. The second-order valence-corrected chi connectivity index (χ2v) is 9.62. The summed E-state index contributed by atoms with van der Waals surface area (Å²) in [4.78, 5) is 28.9. The van der Waals surface area contributed by atoms with Crippen molar-refractivity contribution in [3.8, 4) is 5.75 Å². The van der Waals surface area contributed by atoms with Crippen LogP contribution in [0.2, 0.25) is 0 Å². The first kappa shape index (κ1) is 22.6. The lowest BCUT2D eigenvalue weighted by Gasteiger charge is -2.33. The summed E-state index contributed by atoms with van der Waals surface area (Å²) in [5.41, 5.74) is 4.15. The van der Waals surface area contributed by atoms with Crippen LogP contribution in [0.5, 0.6) is 5.75 Å². The maximum absolute atomic E-state index is 13.8. The van der Waals surface area contributed by atoms with Gasteiger partial charge in [-0.05, 0) is 57.0 Å². The third-order valence-electron chi connectivity index (χ3n) is 6.00. The number of allylic oxidation sites excluding steroid dienone is 1. The van der Waals surface area contributed by atoms with E-state index in [-0.39, 0.29) is 11.8 Å². The van der Waals surface area contributed by atoms with Gasteiger partial charge in [0, 0.05) is 41.7 Å². The minimum Gasteiger partial charge on any atom is -0.497 e. The molecule has 2 aromatic carbocycles. The van der Waals surface area contributed by atoms with Gasteiger partial charge in [-0.15, -0.1) is 0 Å². The van der Waals surface area contributed by atoms with Crippen molar-refractivity contribution in [3.05, 3.63) is 71.4 Å². The minimum atomic E-state index is -0.778. The number of aromatic nitrogens is 1. The van der Waals surface area contributed by atoms with E-state index in [1.165, 1.54) is 0 Å². The molecule has 2 amide bonds.